The van der Waals surface area contributed by atoms with Crippen molar-refractivity contribution < 1.29 is 14.3 Å². The number of benzene rings is 1. The number of hydrogen-bond acceptors (Lipinski definition) is 6. The molecule has 1 atom stereocenters. The van der Waals surface area contributed by atoms with E-state index in [1.807, 2.05) is 11.0 Å². The highest BCUT2D eigenvalue weighted by atomic mass is 35.5. The Kier molecular flexibility index (Phi) is 7.59. The number of nitrogens with one attached hydrogen (secondary N) is 2. The van der Waals surface area contributed by atoms with Crippen LogP contribution in [0.5, 0.6) is 0 Å². The lowest BCUT2D eigenvalue weighted by Crippen LogP contribution is -2.61. The van der Waals surface area contributed by atoms with Crippen molar-refractivity contribution in [3.63, 3.8) is 0 Å². The highest BCUT2D eigenvalue weighted by molar-refractivity contribution is 6.30. The standard InChI is InChI=1S/C26H34ClN5O4/c1-25(2,3)36-24(35)29-26(18-8-5-4-6-9-18,19-10-7-11-20(27)16-19)32-23(34)13-12-21(30-32)31-15-14-28-22(33)17-31/h7,10-13,16,18H,4-6,8-9,14-15,17H2,1-3H3,(H,28,33)(H,29,35). The number of halogens is 1. The number of piperazine rings is 1. The highest BCUT2D eigenvalue weighted by Gasteiger charge is 2.47. The lowest BCUT2D eigenvalue weighted by molar-refractivity contribution is -0.120. The molecule has 2 heterocycles. The van der Waals surface area contributed by atoms with Crippen molar-refractivity contribution in [2.75, 3.05) is 24.5 Å². The van der Waals surface area contributed by atoms with Crippen molar-refractivity contribution in [1.29, 1.82) is 0 Å². The molecule has 194 valence electrons. The van der Waals surface area contributed by atoms with Crippen molar-refractivity contribution in [3.8, 4) is 0 Å². The second-order valence-corrected chi connectivity index (χ2v) is 10.9. The number of hydrogen-bond donors (Lipinski definition) is 2. The van der Waals surface area contributed by atoms with Crippen LogP contribution in [0.2, 0.25) is 5.02 Å². The Balaban J connectivity index is 1.92. The predicted octanol–water partition coefficient (Wildman–Crippen LogP) is 3.64. The third kappa shape index (κ3) is 5.67. The fraction of sp³-hybridized carbons (Fsp3) is 0.538. The predicted molar refractivity (Wildman–Crippen MR) is 138 cm³/mol. The molecule has 4 rings (SSSR count). The fourth-order valence-corrected chi connectivity index (χ4v) is 5.31. The number of carbonyl (C=O) groups is 2. The Hall–Kier alpha value is -3.07. The summed E-state index contributed by atoms with van der Waals surface area (Å²) in [7, 11) is 0. The SMILES string of the molecule is CC(C)(C)OC(=O)NC(c1cccc(Cl)c1)(C1CCCCC1)n1nc(N2CCNC(=O)C2)ccc1=O. The molecule has 9 nitrogen and oxygen atoms in total. The molecule has 1 saturated carbocycles. The summed E-state index contributed by atoms with van der Waals surface area (Å²) >= 11 is 6.42. The molecule has 1 unspecified atom stereocenters. The van der Waals surface area contributed by atoms with E-state index in [2.05, 4.69) is 10.6 Å². The summed E-state index contributed by atoms with van der Waals surface area (Å²) in [6, 6.07) is 10.2. The zero-order valence-corrected chi connectivity index (χ0v) is 21.8. The van der Waals surface area contributed by atoms with Gasteiger partial charge in [0, 0.05) is 35.7 Å². The Morgan fingerprint density at radius 3 is 2.56 bits per heavy atom. The van der Waals surface area contributed by atoms with Gasteiger partial charge in [0.2, 0.25) is 5.91 Å². The van der Waals surface area contributed by atoms with Gasteiger partial charge < -0.3 is 15.0 Å². The Morgan fingerprint density at radius 2 is 1.89 bits per heavy atom. The van der Waals surface area contributed by atoms with E-state index >= 15 is 0 Å². The van der Waals surface area contributed by atoms with Gasteiger partial charge in [-0.05, 0) is 51.8 Å². The fourth-order valence-electron chi connectivity index (χ4n) is 5.12. The van der Waals surface area contributed by atoms with Gasteiger partial charge in [0.05, 0.1) is 6.54 Å². The van der Waals surface area contributed by atoms with Gasteiger partial charge in [0.25, 0.3) is 5.56 Å². The van der Waals surface area contributed by atoms with Gasteiger partial charge in [-0.2, -0.15) is 4.68 Å². The van der Waals surface area contributed by atoms with Crippen LogP contribution in [-0.2, 0) is 15.2 Å². The van der Waals surface area contributed by atoms with Crippen LogP contribution in [0.3, 0.4) is 0 Å². The molecule has 0 radical (unpaired) electrons. The molecule has 2 aliphatic rings. The van der Waals surface area contributed by atoms with Crippen molar-refractivity contribution in [3.05, 3.63) is 57.3 Å². The maximum Gasteiger partial charge on any atom is 0.409 e. The van der Waals surface area contributed by atoms with Crippen molar-refractivity contribution >= 4 is 29.4 Å². The van der Waals surface area contributed by atoms with Crippen LogP contribution >= 0.6 is 11.6 Å². The molecular weight excluding hydrogens is 482 g/mol. The minimum atomic E-state index is -1.33. The van der Waals surface area contributed by atoms with Crippen LogP contribution in [0.4, 0.5) is 10.6 Å². The summed E-state index contributed by atoms with van der Waals surface area (Å²) in [5, 5.41) is 11.1. The maximum atomic E-state index is 13.5. The van der Waals surface area contributed by atoms with Gasteiger partial charge in [-0.3, -0.25) is 14.9 Å². The Bertz CT molecular complexity index is 1170. The molecule has 10 heteroatoms. The van der Waals surface area contributed by atoms with Crippen LogP contribution in [0.1, 0.15) is 58.4 Å². The summed E-state index contributed by atoms with van der Waals surface area (Å²) in [4.78, 5) is 40.7. The number of nitrogens with zero attached hydrogens (tertiary/aromatic N) is 3. The zero-order chi connectivity index (χ0) is 25.9. The number of aromatic nitrogens is 2. The number of carbonyl (C=O) groups excluding carboxylic acids is 2. The first-order valence-electron chi connectivity index (χ1n) is 12.5. The van der Waals surface area contributed by atoms with Gasteiger partial charge in [-0.15, -0.1) is 5.10 Å². The molecule has 2 fully saturated rings. The molecular formula is C26H34ClN5O4. The third-order valence-corrected chi connectivity index (χ3v) is 6.87. The molecule has 1 aliphatic heterocycles. The minimum Gasteiger partial charge on any atom is -0.444 e. The van der Waals surface area contributed by atoms with Gasteiger partial charge in [0.15, 0.2) is 5.66 Å². The average Bonchev–Trinajstić information content (AvgIpc) is 2.82. The lowest BCUT2D eigenvalue weighted by atomic mass is 9.76. The van der Waals surface area contributed by atoms with E-state index in [9.17, 15) is 14.4 Å². The maximum absolute atomic E-state index is 13.5. The van der Waals surface area contributed by atoms with Crippen LogP contribution in [0.25, 0.3) is 0 Å². The van der Waals surface area contributed by atoms with E-state index in [1.54, 1.807) is 45.0 Å². The number of alkyl carbamates (subject to hydrolysis) is 1. The first-order chi connectivity index (χ1) is 17.1. The Labute approximate surface area is 216 Å². The van der Waals surface area contributed by atoms with E-state index < -0.39 is 17.4 Å². The number of rotatable bonds is 5. The molecule has 36 heavy (non-hydrogen) atoms. The summed E-state index contributed by atoms with van der Waals surface area (Å²) in [5.41, 5.74) is -1.80. The molecule has 2 N–H and O–H groups in total. The zero-order valence-electron chi connectivity index (χ0n) is 21.1. The first-order valence-corrected chi connectivity index (χ1v) is 12.9. The molecule has 1 aliphatic carbocycles. The van der Waals surface area contributed by atoms with Gasteiger partial charge in [-0.1, -0.05) is 43.0 Å². The van der Waals surface area contributed by atoms with Crippen LogP contribution in [0, 0.1) is 5.92 Å². The average molecular weight is 516 g/mol. The number of amides is 2. The lowest BCUT2D eigenvalue weighted by Gasteiger charge is -2.44. The molecule has 0 spiro atoms. The van der Waals surface area contributed by atoms with E-state index in [4.69, 9.17) is 21.4 Å². The summed E-state index contributed by atoms with van der Waals surface area (Å²) in [6.07, 6.45) is 3.93. The number of anilines is 1. The second kappa shape index (κ2) is 10.5. The monoisotopic (exact) mass is 515 g/mol. The van der Waals surface area contributed by atoms with Crippen molar-refractivity contribution in [2.45, 2.75) is 64.1 Å². The normalized spacial score (nSPS) is 18.8. The largest absolute Gasteiger partial charge is 0.444 e. The van der Waals surface area contributed by atoms with E-state index in [0.29, 0.717) is 29.5 Å². The van der Waals surface area contributed by atoms with Crippen LogP contribution in [0.15, 0.2) is 41.2 Å². The summed E-state index contributed by atoms with van der Waals surface area (Å²) in [5.74, 6) is 0.237. The molecule has 2 aromatic rings. The number of ether oxygens (including phenoxy) is 1. The van der Waals surface area contributed by atoms with Gasteiger partial charge in [0.1, 0.15) is 11.4 Å². The quantitative estimate of drug-likeness (QED) is 0.630. The van der Waals surface area contributed by atoms with Crippen molar-refractivity contribution in [2.24, 2.45) is 5.92 Å². The third-order valence-electron chi connectivity index (χ3n) is 6.63. The van der Waals surface area contributed by atoms with Crippen LogP contribution in [-0.4, -0.2) is 47.0 Å². The first kappa shape index (κ1) is 26.0. The molecule has 1 aromatic heterocycles. The van der Waals surface area contributed by atoms with E-state index in [-0.39, 0.29) is 23.9 Å². The smallest absolute Gasteiger partial charge is 0.409 e. The molecule has 1 saturated heterocycles. The Morgan fingerprint density at radius 1 is 1.14 bits per heavy atom. The highest BCUT2D eigenvalue weighted by Crippen LogP contribution is 2.41. The molecule has 0 bridgehead atoms. The van der Waals surface area contributed by atoms with E-state index in [0.717, 1.165) is 32.1 Å². The molecule has 1 aromatic carbocycles. The second-order valence-electron chi connectivity index (χ2n) is 10.5. The topological polar surface area (TPSA) is 106 Å². The molecule has 2 amide bonds. The van der Waals surface area contributed by atoms with Gasteiger partial charge in [-0.25, -0.2) is 4.79 Å². The van der Waals surface area contributed by atoms with Gasteiger partial charge >= 0.3 is 6.09 Å². The van der Waals surface area contributed by atoms with Crippen molar-refractivity contribution in [1.82, 2.24) is 20.4 Å². The van der Waals surface area contributed by atoms with Crippen LogP contribution < -0.4 is 21.1 Å². The summed E-state index contributed by atoms with van der Waals surface area (Å²) < 4.78 is 7.03. The van der Waals surface area contributed by atoms with E-state index in [1.165, 1.54) is 10.7 Å². The minimum absolute atomic E-state index is 0.110. The summed E-state index contributed by atoms with van der Waals surface area (Å²) in [6.45, 7) is 6.56.